The fourth-order valence-corrected chi connectivity index (χ4v) is 4.21. The number of carboxylic acid groups (broad SMARTS) is 1. The molecular weight excluding hydrogens is 381 g/mol. The summed E-state index contributed by atoms with van der Waals surface area (Å²) < 4.78 is 7.02. The van der Waals surface area contributed by atoms with Gasteiger partial charge >= 0.3 is 5.97 Å². The predicted molar refractivity (Wildman–Crippen MR) is 88.5 cm³/mol. The van der Waals surface area contributed by atoms with Crippen LogP contribution in [0, 0.1) is 3.57 Å². The van der Waals surface area contributed by atoms with Crippen molar-refractivity contribution in [1.82, 2.24) is 4.90 Å². The van der Waals surface area contributed by atoms with Gasteiger partial charge in [0, 0.05) is 21.6 Å². The minimum Gasteiger partial charge on any atom is -0.480 e. The maximum Gasteiger partial charge on any atom is 0.329 e. The van der Waals surface area contributed by atoms with Crippen molar-refractivity contribution in [2.24, 2.45) is 0 Å². The quantitative estimate of drug-likeness (QED) is 0.789. The number of hydrogen-bond donors (Lipinski definition) is 1. The summed E-state index contributed by atoms with van der Waals surface area (Å²) >= 11 is 2.30. The molecule has 114 valence electrons. The molecule has 0 aliphatic carbocycles. The Balaban J connectivity index is 1.85. The highest BCUT2D eigenvalue weighted by atomic mass is 127. The Morgan fingerprint density at radius 1 is 1.38 bits per heavy atom. The minimum absolute atomic E-state index is 0.0232. The summed E-state index contributed by atoms with van der Waals surface area (Å²) in [6, 6.07) is 9.49. The number of fused-ring (bicyclic) bond motifs is 2. The maximum atomic E-state index is 10.9. The fraction of sp³-hybridized carbons (Fsp3) is 0.562. The normalized spacial score (nSPS) is 32.3. The van der Waals surface area contributed by atoms with E-state index < -0.39 is 5.97 Å². The number of aliphatic carboxylic acids is 1. The summed E-state index contributed by atoms with van der Waals surface area (Å²) in [4.78, 5) is 13.3. The third kappa shape index (κ3) is 3.10. The van der Waals surface area contributed by atoms with Crippen LogP contribution in [0.15, 0.2) is 24.3 Å². The number of hydrogen-bond acceptors (Lipinski definition) is 3. The molecule has 2 bridgehead atoms. The summed E-state index contributed by atoms with van der Waals surface area (Å²) in [7, 11) is 2.14. The van der Waals surface area contributed by atoms with E-state index in [2.05, 4.69) is 58.8 Å². The molecule has 1 aromatic rings. The van der Waals surface area contributed by atoms with Crippen molar-refractivity contribution in [3.05, 3.63) is 33.4 Å². The molecule has 2 saturated heterocycles. The molecule has 5 heteroatoms. The minimum atomic E-state index is -0.890. The van der Waals surface area contributed by atoms with Crippen LogP contribution in [-0.2, 0) is 9.53 Å². The van der Waals surface area contributed by atoms with Crippen molar-refractivity contribution in [2.75, 3.05) is 13.7 Å². The molecule has 2 heterocycles. The van der Waals surface area contributed by atoms with E-state index in [-0.39, 0.29) is 12.7 Å². The number of piperidine rings is 1. The first-order valence-electron chi connectivity index (χ1n) is 7.37. The van der Waals surface area contributed by atoms with Gasteiger partial charge in [0.15, 0.2) is 0 Å². The van der Waals surface area contributed by atoms with E-state index in [0.29, 0.717) is 18.0 Å². The molecular formula is C16H20INO3. The average molecular weight is 401 g/mol. The van der Waals surface area contributed by atoms with Crippen molar-refractivity contribution in [2.45, 2.75) is 43.4 Å². The summed E-state index contributed by atoms with van der Waals surface area (Å²) in [5.74, 6) is -0.589. The number of ether oxygens (including phenoxy) is 1. The Labute approximate surface area is 138 Å². The molecule has 1 N–H and O–H groups in total. The van der Waals surface area contributed by atoms with Gasteiger partial charge in [-0.1, -0.05) is 12.1 Å². The zero-order valence-corrected chi connectivity index (χ0v) is 14.2. The third-order valence-corrected chi connectivity index (χ3v) is 5.61. The highest BCUT2D eigenvalue weighted by Crippen LogP contribution is 2.43. The van der Waals surface area contributed by atoms with Crippen LogP contribution in [0.3, 0.4) is 0 Å². The second-order valence-corrected chi connectivity index (χ2v) is 7.27. The lowest BCUT2D eigenvalue weighted by Gasteiger charge is -2.42. The van der Waals surface area contributed by atoms with E-state index in [1.54, 1.807) is 0 Å². The van der Waals surface area contributed by atoms with Gasteiger partial charge < -0.3 is 9.84 Å². The van der Waals surface area contributed by atoms with Crippen LogP contribution < -0.4 is 0 Å². The Kier molecular flexibility index (Phi) is 4.51. The number of carbonyl (C=O) groups is 1. The molecule has 0 spiro atoms. The molecule has 3 rings (SSSR count). The van der Waals surface area contributed by atoms with E-state index in [1.807, 2.05) is 0 Å². The van der Waals surface area contributed by atoms with Crippen molar-refractivity contribution in [1.29, 1.82) is 0 Å². The Hall–Kier alpha value is -0.660. The van der Waals surface area contributed by atoms with E-state index in [4.69, 9.17) is 9.84 Å². The number of rotatable bonds is 4. The van der Waals surface area contributed by atoms with E-state index >= 15 is 0 Å². The van der Waals surface area contributed by atoms with Crippen LogP contribution in [0.25, 0.3) is 0 Å². The SMILES string of the molecule is CN1[C@H]2CC[C@@H]1[C@@H](OCC(=O)O)[C@@H](c1ccc(I)cc1)C2. The van der Waals surface area contributed by atoms with Crippen molar-refractivity contribution in [3.63, 3.8) is 0 Å². The van der Waals surface area contributed by atoms with Gasteiger partial charge in [0.25, 0.3) is 0 Å². The summed E-state index contributed by atoms with van der Waals surface area (Å²) in [6.07, 6.45) is 3.32. The van der Waals surface area contributed by atoms with Crippen LogP contribution in [0.1, 0.15) is 30.7 Å². The van der Waals surface area contributed by atoms with Gasteiger partial charge in [-0.15, -0.1) is 0 Å². The first kappa shape index (κ1) is 15.2. The first-order valence-corrected chi connectivity index (χ1v) is 8.45. The second kappa shape index (κ2) is 6.22. The molecule has 2 aliphatic heterocycles. The van der Waals surface area contributed by atoms with Crippen LogP contribution in [0.4, 0.5) is 0 Å². The third-order valence-electron chi connectivity index (χ3n) is 4.89. The van der Waals surface area contributed by atoms with Gasteiger partial charge in [0.2, 0.25) is 0 Å². The molecule has 0 radical (unpaired) electrons. The predicted octanol–water partition coefficient (Wildman–Crippen LogP) is 2.71. The van der Waals surface area contributed by atoms with Gasteiger partial charge in [0.1, 0.15) is 6.61 Å². The van der Waals surface area contributed by atoms with Gasteiger partial charge in [-0.3, -0.25) is 4.90 Å². The zero-order valence-electron chi connectivity index (χ0n) is 12.0. The zero-order chi connectivity index (χ0) is 15.0. The summed E-state index contributed by atoms with van der Waals surface area (Å²) in [5.41, 5.74) is 1.27. The lowest BCUT2D eigenvalue weighted by Crippen LogP contribution is -2.50. The van der Waals surface area contributed by atoms with Crippen molar-refractivity contribution >= 4 is 28.6 Å². The second-order valence-electron chi connectivity index (χ2n) is 6.03. The number of nitrogens with zero attached hydrogens (tertiary/aromatic N) is 1. The van der Waals surface area contributed by atoms with E-state index in [0.717, 1.165) is 12.8 Å². The smallest absolute Gasteiger partial charge is 0.329 e. The maximum absolute atomic E-state index is 10.9. The molecule has 1 aromatic carbocycles. The lowest BCUT2D eigenvalue weighted by atomic mass is 9.83. The van der Waals surface area contributed by atoms with Crippen LogP contribution in [0.5, 0.6) is 0 Å². The molecule has 2 aliphatic rings. The van der Waals surface area contributed by atoms with Crippen LogP contribution in [-0.4, -0.2) is 47.8 Å². The largest absolute Gasteiger partial charge is 0.480 e. The van der Waals surface area contributed by atoms with E-state index in [1.165, 1.54) is 15.6 Å². The fourth-order valence-electron chi connectivity index (χ4n) is 3.85. The van der Waals surface area contributed by atoms with Crippen molar-refractivity contribution < 1.29 is 14.6 Å². The number of benzene rings is 1. The highest BCUT2D eigenvalue weighted by Gasteiger charge is 2.46. The first-order chi connectivity index (χ1) is 10.1. The molecule has 0 aromatic heterocycles. The molecule has 21 heavy (non-hydrogen) atoms. The topological polar surface area (TPSA) is 49.8 Å². The summed E-state index contributed by atoms with van der Waals surface area (Å²) in [6.45, 7) is -0.208. The number of carboxylic acids is 1. The Bertz CT molecular complexity index is 519. The van der Waals surface area contributed by atoms with Gasteiger partial charge in [-0.25, -0.2) is 4.79 Å². The standard InChI is InChI=1S/C16H20INO3/c1-18-12-6-7-14(18)16(21-9-15(19)20)13(8-12)10-2-4-11(17)5-3-10/h2-5,12-14,16H,6-9H2,1H3,(H,19,20)/t12-,13+,14+,16-/m0/s1. The van der Waals surface area contributed by atoms with Gasteiger partial charge in [-0.05, 0) is 66.6 Å². The lowest BCUT2D eigenvalue weighted by molar-refractivity contribution is -0.147. The molecule has 0 unspecified atom stereocenters. The van der Waals surface area contributed by atoms with Gasteiger partial charge in [0.05, 0.1) is 6.10 Å². The summed E-state index contributed by atoms with van der Waals surface area (Å²) in [5, 5.41) is 8.93. The molecule has 0 saturated carbocycles. The van der Waals surface area contributed by atoms with Crippen LogP contribution in [0.2, 0.25) is 0 Å². The van der Waals surface area contributed by atoms with Crippen molar-refractivity contribution in [3.8, 4) is 0 Å². The monoisotopic (exact) mass is 401 g/mol. The average Bonchev–Trinajstić information content (AvgIpc) is 2.70. The van der Waals surface area contributed by atoms with Crippen LogP contribution >= 0.6 is 22.6 Å². The molecule has 0 amide bonds. The number of halogens is 1. The van der Waals surface area contributed by atoms with E-state index in [9.17, 15) is 4.79 Å². The Morgan fingerprint density at radius 2 is 2.10 bits per heavy atom. The molecule has 4 nitrogen and oxygen atoms in total. The van der Waals surface area contributed by atoms with Gasteiger partial charge in [-0.2, -0.15) is 0 Å². The molecule has 2 fully saturated rings. The highest BCUT2D eigenvalue weighted by molar-refractivity contribution is 14.1. The Morgan fingerprint density at radius 3 is 2.76 bits per heavy atom. The molecule has 4 atom stereocenters. The number of likely N-dealkylation sites (N-methyl/N-ethyl adjacent to an activating group) is 1.